The summed E-state index contributed by atoms with van der Waals surface area (Å²) in [5, 5.41) is 16.7. The number of halogens is 1. The van der Waals surface area contributed by atoms with Crippen LogP contribution in [0.1, 0.15) is 13.3 Å². The molecule has 0 aromatic heterocycles. The zero-order chi connectivity index (χ0) is 14.0. The van der Waals surface area contributed by atoms with Gasteiger partial charge in [-0.1, -0.05) is 11.6 Å². The predicted octanol–water partition coefficient (Wildman–Crippen LogP) is 2.18. The highest BCUT2D eigenvalue weighted by atomic mass is 35.5. The van der Waals surface area contributed by atoms with E-state index in [4.69, 9.17) is 11.6 Å². The van der Waals surface area contributed by atoms with Crippen molar-refractivity contribution in [2.45, 2.75) is 19.4 Å². The molecule has 0 bridgehead atoms. The Labute approximate surface area is 115 Å². The number of nitrogens with zero attached hydrogens (tertiary/aromatic N) is 1. The average molecular weight is 284 g/mol. The Kier molecular flexibility index (Phi) is 4.01. The van der Waals surface area contributed by atoms with Crippen molar-refractivity contribution in [2.75, 3.05) is 11.9 Å². The maximum absolute atomic E-state index is 12.1. The van der Waals surface area contributed by atoms with Gasteiger partial charge >= 0.3 is 0 Å². The van der Waals surface area contributed by atoms with Crippen LogP contribution in [0.15, 0.2) is 18.2 Å². The number of hydrogen-bond donors (Lipinski definition) is 2. The van der Waals surface area contributed by atoms with Gasteiger partial charge < -0.3 is 10.6 Å². The predicted molar refractivity (Wildman–Crippen MR) is 72.3 cm³/mol. The van der Waals surface area contributed by atoms with Gasteiger partial charge in [-0.25, -0.2) is 0 Å². The molecule has 0 saturated carbocycles. The smallest absolute Gasteiger partial charge is 0.271 e. The molecule has 2 atom stereocenters. The fourth-order valence-corrected chi connectivity index (χ4v) is 2.38. The molecule has 2 unspecified atom stereocenters. The number of nitrogens with one attached hydrogen (secondary N) is 2. The van der Waals surface area contributed by atoms with E-state index in [0.29, 0.717) is 5.69 Å². The van der Waals surface area contributed by atoms with E-state index in [1.165, 1.54) is 18.2 Å². The summed E-state index contributed by atoms with van der Waals surface area (Å²) in [6, 6.07) is 4.12. The number of benzene rings is 1. The van der Waals surface area contributed by atoms with Crippen molar-refractivity contribution in [1.82, 2.24) is 5.32 Å². The fraction of sp³-hybridized carbons (Fsp3) is 0.417. The summed E-state index contributed by atoms with van der Waals surface area (Å²) < 4.78 is 0. The zero-order valence-corrected chi connectivity index (χ0v) is 11.1. The van der Waals surface area contributed by atoms with Crippen molar-refractivity contribution >= 4 is 28.9 Å². The summed E-state index contributed by atoms with van der Waals surface area (Å²) in [7, 11) is 0. The first-order valence-electron chi connectivity index (χ1n) is 5.97. The summed E-state index contributed by atoms with van der Waals surface area (Å²) in [6.07, 6.45) is 0.775. The summed E-state index contributed by atoms with van der Waals surface area (Å²) >= 11 is 5.93. The average Bonchev–Trinajstić information content (AvgIpc) is 2.77. The Bertz CT molecular complexity index is 521. The molecule has 1 fully saturated rings. The van der Waals surface area contributed by atoms with Gasteiger partial charge in [-0.3, -0.25) is 14.9 Å². The second kappa shape index (κ2) is 5.54. The first kappa shape index (κ1) is 13.8. The first-order valence-corrected chi connectivity index (χ1v) is 6.35. The number of nitro benzene ring substituents is 1. The van der Waals surface area contributed by atoms with Gasteiger partial charge in [-0.15, -0.1) is 0 Å². The molecule has 7 heteroatoms. The molecule has 2 N–H and O–H groups in total. The molecule has 1 aromatic carbocycles. The van der Waals surface area contributed by atoms with E-state index < -0.39 is 4.92 Å². The minimum absolute atomic E-state index is 0.0982. The first-order chi connectivity index (χ1) is 8.99. The third kappa shape index (κ3) is 3.02. The van der Waals surface area contributed by atoms with Gasteiger partial charge in [0.25, 0.3) is 5.69 Å². The summed E-state index contributed by atoms with van der Waals surface area (Å²) in [6.45, 7) is 2.77. The van der Waals surface area contributed by atoms with Gasteiger partial charge in [0.2, 0.25) is 5.91 Å². The minimum Gasteiger partial charge on any atom is -0.324 e. The van der Waals surface area contributed by atoms with Crippen LogP contribution in [0.4, 0.5) is 11.4 Å². The number of carbonyl (C=O) groups is 1. The van der Waals surface area contributed by atoms with Gasteiger partial charge in [0.1, 0.15) is 0 Å². The van der Waals surface area contributed by atoms with Crippen molar-refractivity contribution in [3.8, 4) is 0 Å². The molecule has 0 radical (unpaired) electrons. The molecule has 1 aliphatic rings. The van der Waals surface area contributed by atoms with Crippen LogP contribution >= 0.6 is 11.6 Å². The zero-order valence-electron chi connectivity index (χ0n) is 10.4. The van der Waals surface area contributed by atoms with Crippen LogP contribution in [0.25, 0.3) is 0 Å². The summed E-state index contributed by atoms with van der Waals surface area (Å²) in [5.74, 6) is -0.223. The lowest BCUT2D eigenvalue weighted by atomic mass is 10.0. The van der Waals surface area contributed by atoms with Crippen LogP contribution in [-0.2, 0) is 4.79 Å². The van der Waals surface area contributed by atoms with Crippen molar-refractivity contribution in [2.24, 2.45) is 5.92 Å². The number of rotatable bonds is 3. The second-order valence-corrected chi connectivity index (χ2v) is 4.96. The quantitative estimate of drug-likeness (QED) is 0.658. The Balaban J connectivity index is 2.11. The third-order valence-electron chi connectivity index (χ3n) is 3.28. The van der Waals surface area contributed by atoms with Crippen LogP contribution in [0, 0.1) is 16.0 Å². The van der Waals surface area contributed by atoms with E-state index >= 15 is 0 Å². The number of non-ortho nitro benzene ring substituents is 1. The highest BCUT2D eigenvalue weighted by Crippen LogP contribution is 2.28. The van der Waals surface area contributed by atoms with Crippen LogP contribution in [0.5, 0.6) is 0 Å². The standard InChI is InChI=1S/C12H14ClN3O3/c1-7-9(4-5-14-7)12(17)15-11-3-2-8(16(18)19)6-10(11)13/h2-3,6-7,9,14H,4-5H2,1H3,(H,15,17). The van der Waals surface area contributed by atoms with E-state index in [0.717, 1.165) is 13.0 Å². The molecule has 102 valence electrons. The molecule has 0 spiro atoms. The van der Waals surface area contributed by atoms with Gasteiger partial charge in [0.05, 0.1) is 21.6 Å². The Morgan fingerprint density at radius 1 is 1.58 bits per heavy atom. The molecule has 1 amide bonds. The van der Waals surface area contributed by atoms with Gasteiger partial charge in [0, 0.05) is 18.2 Å². The SMILES string of the molecule is CC1NCCC1C(=O)Nc1ccc([N+](=O)[O-])cc1Cl. The maximum Gasteiger partial charge on any atom is 0.271 e. The van der Waals surface area contributed by atoms with Crippen LogP contribution in [0.2, 0.25) is 5.02 Å². The lowest BCUT2D eigenvalue weighted by Gasteiger charge is -2.15. The van der Waals surface area contributed by atoms with Crippen molar-refractivity contribution in [3.63, 3.8) is 0 Å². The Morgan fingerprint density at radius 3 is 2.84 bits per heavy atom. The van der Waals surface area contributed by atoms with Gasteiger partial charge in [-0.2, -0.15) is 0 Å². The largest absolute Gasteiger partial charge is 0.324 e. The number of hydrogen-bond acceptors (Lipinski definition) is 4. The molecule has 0 aliphatic carbocycles. The highest BCUT2D eigenvalue weighted by Gasteiger charge is 2.29. The number of nitro groups is 1. The monoisotopic (exact) mass is 283 g/mol. The fourth-order valence-electron chi connectivity index (χ4n) is 2.16. The molecule has 2 rings (SSSR count). The van der Waals surface area contributed by atoms with Crippen molar-refractivity contribution in [1.29, 1.82) is 0 Å². The van der Waals surface area contributed by atoms with Crippen LogP contribution in [-0.4, -0.2) is 23.4 Å². The second-order valence-electron chi connectivity index (χ2n) is 4.55. The molecule has 19 heavy (non-hydrogen) atoms. The van der Waals surface area contributed by atoms with Crippen LogP contribution in [0.3, 0.4) is 0 Å². The minimum atomic E-state index is -0.527. The Hall–Kier alpha value is -1.66. The van der Waals surface area contributed by atoms with Crippen molar-refractivity contribution in [3.05, 3.63) is 33.3 Å². The maximum atomic E-state index is 12.1. The lowest BCUT2D eigenvalue weighted by Crippen LogP contribution is -2.32. The molecule has 1 saturated heterocycles. The lowest BCUT2D eigenvalue weighted by molar-refractivity contribution is -0.384. The Morgan fingerprint density at radius 2 is 2.32 bits per heavy atom. The molecule has 1 aromatic rings. The molecule has 6 nitrogen and oxygen atoms in total. The van der Waals surface area contributed by atoms with E-state index in [1.807, 2.05) is 6.92 Å². The summed E-state index contributed by atoms with van der Waals surface area (Å²) in [4.78, 5) is 22.1. The number of carbonyl (C=O) groups excluding carboxylic acids is 1. The molecule has 1 heterocycles. The normalized spacial score (nSPS) is 22.2. The summed E-state index contributed by atoms with van der Waals surface area (Å²) in [5.41, 5.74) is 0.301. The van der Waals surface area contributed by atoms with E-state index in [9.17, 15) is 14.9 Å². The molecular formula is C12H14ClN3O3. The highest BCUT2D eigenvalue weighted by molar-refractivity contribution is 6.34. The van der Waals surface area contributed by atoms with Gasteiger partial charge in [-0.05, 0) is 26.0 Å². The van der Waals surface area contributed by atoms with E-state index in [-0.39, 0.29) is 28.6 Å². The number of anilines is 1. The number of amides is 1. The topological polar surface area (TPSA) is 84.3 Å². The van der Waals surface area contributed by atoms with Crippen molar-refractivity contribution < 1.29 is 9.72 Å². The molecular weight excluding hydrogens is 270 g/mol. The molecule has 1 aliphatic heterocycles. The van der Waals surface area contributed by atoms with Crippen LogP contribution < -0.4 is 10.6 Å². The third-order valence-corrected chi connectivity index (χ3v) is 3.60. The van der Waals surface area contributed by atoms with Gasteiger partial charge in [0.15, 0.2) is 0 Å². The van der Waals surface area contributed by atoms with E-state index in [2.05, 4.69) is 10.6 Å². The van der Waals surface area contributed by atoms with E-state index in [1.54, 1.807) is 0 Å².